The summed E-state index contributed by atoms with van der Waals surface area (Å²) in [6.07, 6.45) is -3.15. The molecular formula is C33H26N2. The fraction of sp³-hybridized carbons (Fsp3) is 0.152. The van der Waals surface area contributed by atoms with E-state index in [1.165, 1.54) is 0 Å². The van der Waals surface area contributed by atoms with Gasteiger partial charge in [0.25, 0.3) is 0 Å². The SMILES string of the molecule is [2H]C1([2H])CCC([2H])([2H])C12c1ccccc1-c1ccc(-c3cc(-c4ccccc4)nc(-c4ccccc4)n3)cc12. The Morgan fingerprint density at radius 1 is 0.543 bits per heavy atom. The highest BCUT2D eigenvalue weighted by Crippen LogP contribution is 2.57. The van der Waals surface area contributed by atoms with Crippen LogP contribution in [0.15, 0.2) is 109 Å². The molecule has 0 N–H and O–H groups in total. The first-order valence-electron chi connectivity index (χ1n) is 14.1. The van der Waals surface area contributed by atoms with Crippen LogP contribution in [0.25, 0.3) is 45.0 Å². The van der Waals surface area contributed by atoms with E-state index in [-0.39, 0.29) is 12.8 Å². The molecule has 1 aromatic heterocycles. The van der Waals surface area contributed by atoms with E-state index in [1.54, 1.807) is 0 Å². The number of hydrogen-bond donors (Lipinski definition) is 0. The number of fused-ring (bicyclic) bond motifs is 5. The first-order valence-corrected chi connectivity index (χ1v) is 12.1. The third-order valence-electron chi connectivity index (χ3n) is 7.07. The quantitative estimate of drug-likeness (QED) is 0.274. The largest absolute Gasteiger partial charge is 0.228 e. The predicted molar refractivity (Wildman–Crippen MR) is 143 cm³/mol. The van der Waals surface area contributed by atoms with Crippen LogP contribution in [-0.2, 0) is 5.41 Å². The first-order chi connectivity index (χ1) is 18.8. The fourth-order valence-corrected chi connectivity index (χ4v) is 5.45. The molecule has 2 nitrogen and oxygen atoms in total. The van der Waals surface area contributed by atoms with Crippen molar-refractivity contribution in [1.29, 1.82) is 0 Å². The maximum absolute atomic E-state index is 9.12. The highest BCUT2D eigenvalue weighted by molar-refractivity contribution is 5.84. The van der Waals surface area contributed by atoms with Crippen LogP contribution in [-0.4, -0.2) is 9.97 Å². The summed E-state index contributed by atoms with van der Waals surface area (Å²) in [5.41, 5.74) is 6.07. The molecule has 1 saturated carbocycles. The molecule has 35 heavy (non-hydrogen) atoms. The van der Waals surface area contributed by atoms with E-state index in [2.05, 4.69) is 0 Å². The maximum Gasteiger partial charge on any atom is 0.160 e. The molecule has 0 amide bonds. The summed E-state index contributed by atoms with van der Waals surface area (Å²) >= 11 is 0. The zero-order valence-electron chi connectivity index (χ0n) is 23.2. The summed E-state index contributed by atoms with van der Waals surface area (Å²) in [6, 6.07) is 35.6. The van der Waals surface area contributed by atoms with Gasteiger partial charge in [-0.05, 0) is 47.1 Å². The lowest BCUT2D eigenvalue weighted by Crippen LogP contribution is -2.20. The molecule has 0 atom stereocenters. The molecule has 1 heterocycles. The third kappa shape index (κ3) is 3.24. The number of hydrogen-bond acceptors (Lipinski definition) is 2. The van der Waals surface area contributed by atoms with Crippen molar-refractivity contribution in [3.05, 3.63) is 120 Å². The van der Waals surface area contributed by atoms with Crippen molar-refractivity contribution < 1.29 is 5.48 Å². The molecule has 4 aromatic carbocycles. The van der Waals surface area contributed by atoms with E-state index in [9.17, 15) is 0 Å². The van der Waals surface area contributed by atoms with Gasteiger partial charge in [0.15, 0.2) is 5.82 Å². The molecule has 2 aliphatic carbocycles. The Balaban J connectivity index is 1.48. The van der Waals surface area contributed by atoms with Gasteiger partial charge in [0.2, 0.25) is 0 Å². The Hall–Kier alpha value is -4.04. The lowest BCUT2D eigenvalue weighted by atomic mass is 9.76. The van der Waals surface area contributed by atoms with Crippen molar-refractivity contribution in [3.8, 4) is 45.0 Å². The average molecular weight is 455 g/mol. The molecule has 1 spiro atoms. The summed E-state index contributed by atoms with van der Waals surface area (Å²) < 4.78 is 36.5. The Labute approximate surface area is 212 Å². The van der Waals surface area contributed by atoms with Gasteiger partial charge in [-0.2, -0.15) is 0 Å². The van der Waals surface area contributed by atoms with Crippen molar-refractivity contribution in [2.24, 2.45) is 0 Å². The van der Waals surface area contributed by atoms with Crippen LogP contribution in [0, 0.1) is 0 Å². The van der Waals surface area contributed by atoms with Gasteiger partial charge in [0.1, 0.15) is 0 Å². The molecular weight excluding hydrogens is 424 g/mol. The minimum atomic E-state index is -1.74. The first kappa shape index (κ1) is 16.6. The number of nitrogens with zero attached hydrogens (tertiary/aromatic N) is 2. The Morgan fingerprint density at radius 3 is 1.89 bits per heavy atom. The Bertz CT molecular complexity index is 1640. The van der Waals surface area contributed by atoms with Crippen LogP contribution in [0.1, 0.15) is 42.2 Å². The van der Waals surface area contributed by atoms with E-state index in [1.807, 2.05) is 109 Å². The van der Waals surface area contributed by atoms with Gasteiger partial charge < -0.3 is 0 Å². The minimum absolute atomic E-state index is 0.168. The molecule has 2 aliphatic rings. The minimum Gasteiger partial charge on any atom is -0.228 e. The zero-order chi connectivity index (χ0) is 26.8. The highest BCUT2D eigenvalue weighted by atomic mass is 14.9. The van der Waals surface area contributed by atoms with Crippen molar-refractivity contribution in [2.75, 3.05) is 0 Å². The van der Waals surface area contributed by atoms with Crippen LogP contribution in [0.4, 0.5) is 0 Å². The smallest absolute Gasteiger partial charge is 0.160 e. The van der Waals surface area contributed by atoms with E-state index < -0.39 is 18.2 Å². The molecule has 0 aliphatic heterocycles. The summed E-state index contributed by atoms with van der Waals surface area (Å²) in [7, 11) is 0. The van der Waals surface area contributed by atoms with Crippen molar-refractivity contribution in [2.45, 2.75) is 31.0 Å². The van der Waals surface area contributed by atoms with Crippen molar-refractivity contribution in [1.82, 2.24) is 9.97 Å². The molecule has 5 aromatic rings. The van der Waals surface area contributed by atoms with E-state index in [4.69, 9.17) is 15.5 Å². The van der Waals surface area contributed by atoms with E-state index >= 15 is 0 Å². The Morgan fingerprint density at radius 2 is 1.14 bits per heavy atom. The molecule has 2 heteroatoms. The topological polar surface area (TPSA) is 25.8 Å². The number of rotatable bonds is 3. The number of benzene rings is 4. The summed E-state index contributed by atoms with van der Waals surface area (Å²) in [5.74, 6) is 0.608. The highest BCUT2D eigenvalue weighted by Gasteiger charge is 2.44. The second-order valence-electron chi connectivity index (χ2n) is 9.10. The van der Waals surface area contributed by atoms with Gasteiger partial charge >= 0.3 is 0 Å². The molecule has 7 rings (SSSR count). The monoisotopic (exact) mass is 454 g/mol. The molecule has 0 radical (unpaired) electrons. The van der Waals surface area contributed by atoms with E-state index in [0.717, 1.165) is 44.8 Å². The van der Waals surface area contributed by atoms with Gasteiger partial charge in [-0.1, -0.05) is 110 Å². The molecule has 1 fully saturated rings. The Kier molecular flexibility index (Phi) is 3.80. The van der Waals surface area contributed by atoms with Crippen molar-refractivity contribution in [3.63, 3.8) is 0 Å². The van der Waals surface area contributed by atoms with Gasteiger partial charge in [-0.3, -0.25) is 0 Å². The van der Waals surface area contributed by atoms with Crippen molar-refractivity contribution >= 4 is 0 Å². The fourth-order valence-electron chi connectivity index (χ4n) is 5.45. The number of aromatic nitrogens is 2. The van der Waals surface area contributed by atoms with Crippen LogP contribution in [0.2, 0.25) is 0 Å². The van der Waals surface area contributed by atoms with Gasteiger partial charge in [0, 0.05) is 27.6 Å². The standard InChI is InChI=1S/C33H26N2/c1-3-11-23(12-4-1)30-22-31(35-32(34-30)24-13-5-2-6-14-24)25-17-18-27-26-15-7-8-16-28(26)33(29(27)21-25)19-9-10-20-33/h1-8,11-18,21-22H,9-10,19-20H2/i19D2,20D2. The van der Waals surface area contributed by atoms with Gasteiger partial charge in [-0.15, -0.1) is 0 Å². The van der Waals surface area contributed by atoms with Crippen LogP contribution in [0.5, 0.6) is 0 Å². The lowest BCUT2D eigenvalue weighted by molar-refractivity contribution is 0.550. The normalized spacial score (nSPS) is 19.8. The summed E-state index contributed by atoms with van der Waals surface area (Å²) in [4.78, 5) is 9.85. The average Bonchev–Trinajstić information content (AvgIpc) is 3.39. The third-order valence-corrected chi connectivity index (χ3v) is 7.07. The maximum atomic E-state index is 9.12. The zero-order valence-corrected chi connectivity index (χ0v) is 19.2. The molecule has 0 bridgehead atoms. The van der Waals surface area contributed by atoms with Crippen LogP contribution >= 0.6 is 0 Å². The van der Waals surface area contributed by atoms with Gasteiger partial charge in [-0.25, -0.2) is 9.97 Å². The molecule has 0 unspecified atom stereocenters. The molecule has 168 valence electrons. The lowest BCUT2D eigenvalue weighted by Gasteiger charge is -2.26. The predicted octanol–water partition coefficient (Wildman–Crippen LogP) is 8.32. The summed E-state index contributed by atoms with van der Waals surface area (Å²) in [5, 5.41) is 0. The van der Waals surface area contributed by atoms with Gasteiger partial charge in [0.05, 0.1) is 11.4 Å². The van der Waals surface area contributed by atoms with E-state index in [0.29, 0.717) is 11.4 Å². The summed E-state index contributed by atoms with van der Waals surface area (Å²) in [6.45, 7) is 0. The second kappa shape index (κ2) is 8.02. The van der Waals surface area contributed by atoms with Crippen LogP contribution < -0.4 is 0 Å². The molecule has 0 saturated heterocycles. The second-order valence-corrected chi connectivity index (χ2v) is 9.10. The van der Waals surface area contributed by atoms with Crippen LogP contribution in [0.3, 0.4) is 0 Å².